The molecule has 0 aliphatic carbocycles. The summed E-state index contributed by atoms with van der Waals surface area (Å²) >= 11 is 3.32. The number of pyridine rings is 1. The van der Waals surface area contributed by atoms with Gasteiger partial charge in [-0.2, -0.15) is 0 Å². The van der Waals surface area contributed by atoms with E-state index < -0.39 is 5.97 Å². The lowest BCUT2D eigenvalue weighted by Gasteiger charge is -1.98. The van der Waals surface area contributed by atoms with Crippen LogP contribution < -0.4 is 5.73 Å². The number of nitrogens with zero attached hydrogens (tertiary/aromatic N) is 2. The fraction of sp³-hybridized carbons (Fsp3) is 0.200. The minimum atomic E-state index is -0.500. The van der Waals surface area contributed by atoms with Crippen LogP contribution in [0, 0.1) is 0 Å². The summed E-state index contributed by atoms with van der Waals surface area (Å²) in [6, 6.07) is 3.60. The summed E-state index contributed by atoms with van der Waals surface area (Å²) in [7, 11) is 0. The number of hydrogen-bond donors (Lipinski definition) is 1. The lowest BCUT2D eigenvalue weighted by molar-refractivity contribution is 0.0521. The first-order chi connectivity index (χ1) is 7.63. The first kappa shape index (κ1) is 10.9. The minimum Gasteiger partial charge on any atom is -0.461 e. The van der Waals surface area contributed by atoms with Crippen LogP contribution in [0.25, 0.3) is 5.65 Å². The zero-order valence-electron chi connectivity index (χ0n) is 8.61. The van der Waals surface area contributed by atoms with E-state index in [-0.39, 0.29) is 5.69 Å². The summed E-state index contributed by atoms with van der Waals surface area (Å²) < 4.78 is 7.37. The van der Waals surface area contributed by atoms with Gasteiger partial charge in [0.2, 0.25) is 0 Å². The number of nitrogens with two attached hydrogens (primary N) is 1. The van der Waals surface area contributed by atoms with Crippen molar-refractivity contribution in [3.05, 3.63) is 28.5 Å². The van der Waals surface area contributed by atoms with Crippen LogP contribution in [0.4, 0.5) is 5.82 Å². The summed E-state index contributed by atoms with van der Waals surface area (Å²) in [5.41, 5.74) is 6.56. The molecule has 84 valence electrons. The Labute approximate surface area is 100 Å². The van der Waals surface area contributed by atoms with Crippen LogP contribution in [0.15, 0.2) is 22.8 Å². The Morgan fingerprint density at radius 2 is 2.44 bits per heavy atom. The molecule has 0 saturated carbocycles. The van der Waals surface area contributed by atoms with Crippen molar-refractivity contribution >= 4 is 33.4 Å². The second kappa shape index (κ2) is 4.13. The maximum absolute atomic E-state index is 11.5. The number of carbonyl (C=O) groups excluding carboxylic acids is 1. The Morgan fingerprint density at radius 1 is 1.69 bits per heavy atom. The number of hydrogen-bond acceptors (Lipinski definition) is 4. The number of fused-ring (bicyclic) bond motifs is 1. The fourth-order valence-corrected chi connectivity index (χ4v) is 1.71. The number of rotatable bonds is 2. The second-order valence-electron chi connectivity index (χ2n) is 3.14. The van der Waals surface area contributed by atoms with E-state index in [0.29, 0.717) is 18.1 Å². The fourth-order valence-electron chi connectivity index (χ4n) is 1.39. The third kappa shape index (κ3) is 1.76. The molecule has 0 radical (unpaired) electrons. The molecule has 2 aromatic rings. The Hall–Kier alpha value is -1.56. The van der Waals surface area contributed by atoms with E-state index in [1.807, 2.05) is 6.07 Å². The van der Waals surface area contributed by atoms with Crippen molar-refractivity contribution in [2.24, 2.45) is 0 Å². The van der Waals surface area contributed by atoms with Crippen LogP contribution in [-0.4, -0.2) is 22.0 Å². The summed E-state index contributed by atoms with van der Waals surface area (Å²) in [4.78, 5) is 15.7. The van der Waals surface area contributed by atoms with Crippen LogP contribution in [-0.2, 0) is 4.74 Å². The number of ether oxygens (including phenoxy) is 1. The summed E-state index contributed by atoms with van der Waals surface area (Å²) in [5, 5.41) is 0. The van der Waals surface area contributed by atoms with Gasteiger partial charge in [-0.05, 0) is 19.1 Å². The molecule has 0 spiro atoms. The topological polar surface area (TPSA) is 69.6 Å². The van der Waals surface area contributed by atoms with Crippen molar-refractivity contribution in [1.82, 2.24) is 9.38 Å². The normalized spacial score (nSPS) is 10.6. The van der Waals surface area contributed by atoms with E-state index in [9.17, 15) is 4.79 Å². The van der Waals surface area contributed by atoms with Crippen LogP contribution in [0.2, 0.25) is 0 Å². The van der Waals surface area contributed by atoms with Gasteiger partial charge in [0.1, 0.15) is 11.5 Å². The number of carbonyl (C=O) groups is 1. The Bertz CT molecular complexity index is 550. The molecular weight excluding hydrogens is 274 g/mol. The molecule has 2 aromatic heterocycles. The van der Waals surface area contributed by atoms with Crippen molar-refractivity contribution in [2.45, 2.75) is 6.92 Å². The number of esters is 1. The van der Waals surface area contributed by atoms with Gasteiger partial charge >= 0.3 is 5.97 Å². The molecule has 0 saturated heterocycles. The molecule has 0 aromatic carbocycles. The smallest absolute Gasteiger partial charge is 0.360 e. The van der Waals surface area contributed by atoms with Gasteiger partial charge < -0.3 is 10.5 Å². The third-order valence-electron chi connectivity index (χ3n) is 2.09. The van der Waals surface area contributed by atoms with Gasteiger partial charge in [-0.1, -0.05) is 15.9 Å². The van der Waals surface area contributed by atoms with Crippen LogP contribution in [0.1, 0.15) is 17.4 Å². The molecule has 5 nitrogen and oxygen atoms in total. The number of nitrogen functional groups attached to an aromatic ring is 1. The first-order valence-corrected chi connectivity index (χ1v) is 5.53. The van der Waals surface area contributed by atoms with Crippen molar-refractivity contribution in [3.8, 4) is 0 Å². The van der Waals surface area contributed by atoms with Gasteiger partial charge in [-0.15, -0.1) is 0 Å². The highest BCUT2D eigenvalue weighted by Gasteiger charge is 2.17. The average Bonchev–Trinajstić information content (AvgIpc) is 2.56. The van der Waals surface area contributed by atoms with E-state index in [1.54, 1.807) is 23.6 Å². The Morgan fingerprint density at radius 3 is 3.12 bits per heavy atom. The molecule has 0 bridgehead atoms. The van der Waals surface area contributed by atoms with Crippen molar-refractivity contribution < 1.29 is 9.53 Å². The van der Waals surface area contributed by atoms with Crippen molar-refractivity contribution in [2.75, 3.05) is 12.3 Å². The molecule has 0 unspecified atom stereocenters. The quantitative estimate of drug-likeness (QED) is 0.854. The zero-order chi connectivity index (χ0) is 11.7. The summed E-state index contributed by atoms with van der Waals surface area (Å²) in [5.74, 6) is -0.208. The Kier molecular flexibility index (Phi) is 2.82. The molecule has 0 aliphatic rings. The van der Waals surface area contributed by atoms with Crippen LogP contribution in [0.3, 0.4) is 0 Å². The highest BCUT2D eigenvalue weighted by molar-refractivity contribution is 9.10. The monoisotopic (exact) mass is 283 g/mol. The van der Waals surface area contributed by atoms with Crippen molar-refractivity contribution in [1.29, 1.82) is 0 Å². The zero-order valence-corrected chi connectivity index (χ0v) is 10.2. The van der Waals surface area contributed by atoms with E-state index in [1.165, 1.54) is 0 Å². The minimum absolute atomic E-state index is 0.153. The van der Waals surface area contributed by atoms with Crippen molar-refractivity contribution in [3.63, 3.8) is 0 Å². The van der Waals surface area contributed by atoms with Gasteiger partial charge in [0, 0.05) is 10.7 Å². The van der Waals surface area contributed by atoms with Gasteiger partial charge in [-0.3, -0.25) is 4.40 Å². The highest BCUT2D eigenvalue weighted by atomic mass is 79.9. The van der Waals surface area contributed by atoms with Gasteiger partial charge in [-0.25, -0.2) is 9.78 Å². The molecular formula is C10H10BrN3O2. The van der Waals surface area contributed by atoms with Gasteiger partial charge in [0.15, 0.2) is 5.69 Å². The predicted octanol–water partition coefficient (Wildman–Crippen LogP) is 1.86. The predicted molar refractivity (Wildman–Crippen MR) is 63.3 cm³/mol. The summed E-state index contributed by atoms with van der Waals surface area (Å²) in [6.07, 6.45) is 1.74. The SMILES string of the molecule is CCOC(=O)c1nc2cc(Br)ccn2c1N. The molecule has 6 heteroatoms. The number of imidazole rings is 1. The molecule has 2 N–H and O–H groups in total. The van der Waals surface area contributed by atoms with E-state index in [2.05, 4.69) is 20.9 Å². The first-order valence-electron chi connectivity index (χ1n) is 4.73. The molecule has 16 heavy (non-hydrogen) atoms. The van der Waals surface area contributed by atoms with E-state index >= 15 is 0 Å². The maximum atomic E-state index is 11.5. The lowest BCUT2D eigenvalue weighted by atomic mass is 10.4. The maximum Gasteiger partial charge on any atom is 0.360 e. The molecule has 2 heterocycles. The van der Waals surface area contributed by atoms with Gasteiger partial charge in [0.05, 0.1) is 6.61 Å². The van der Waals surface area contributed by atoms with Gasteiger partial charge in [0.25, 0.3) is 0 Å². The van der Waals surface area contributed by atoms with Crippen LogP contribution >= 0.6 is 15.9 Å². The molecule has 0 atom stereocenters. The molecule has 0 fully saturated rings. The van der Waals surface area contributed by atoms with Crippen LogP contribution in [0.5, 0.6) is 0 Å². The second-order valence-corrected chi connectivity index (χ2v) is 4.05. The standard InChI is InChI=1S/C10H10BrN3O2/c1-2-16-10(15)8-9(12)14-4-3-6(11)5-7(14)13-8/h3-5H,2,12H2,1H3. The lowest BCUT2D eigenvalue weighted by Crippen LogP contribution is -2.08. The number of anilines is 1. The summed E-state index contributed by atoms with van der Waals surface area (Å²) in [6.45, 7) is 2.04. The Balaban J connectivity index is 2.55. The average molecular weight is 284 g/mol. The molecule has 2 rings (SSSR count). The molecule has 0 aliphatic heterocycles. The largest absolute Gasteiger partial charge is 0.461 e. The molecule has 0 amide bonds. The third-order valence-corrected chi connectivity index (χ3v) is 2.59. The van der Waals surface area contributed by atoms with E-state index in [4.69, 9.17) is 10.5 Å². The highest BCUT2D eigenvalue weighted by Crippen LogP contribution is 2.19. The number of halogens is 1. The van der Waals surface area contributed by atoms with E-state index in [0.717, 1.165) is 4.47 Å². The number of aromatic nitrogens is 2.